The molecule has 0 aliphatic rings. The summed E-state index contributed by atoms with van der Waals surface area (Å²) in [5.41, 5.74) is 7.14. The van der Waals surface area contributed by atoms with Crippen LogP contribution in [0.1, 0.15) is 5.56 Å². The molecule has 0 aliphatic heterocycles. The summed E-state index contributed by atoms with van der Waals surface area (Å²) in [4.78, 5) is 12.9. The van der Waals surface area contributed by atoms with Crippen molar-refractivity contribution in [2.24, 2.45) is 5.73 Å². The van der Waals surface area contributed by atoms with Crippen molar-refractivity contribution < 1.29 is 9.21 Å². The Hall–Kier alpha value is -1.81. The maximum atomic E-state index is 11.3. The zero-order valence-corrected chi connectivity index (χ0v) is 9.14. The number of furan rings is 1. The van der Waals surface area contributed by atoms with Crippen LogP contribution in [0.4, 0.5) is 0 Å². The highest BCUT2D eigenvalue weighted by atomic mass is 16.3. The fraction of sp³-hybridized carbons (Fsp3) is 0.250. The third kappa shape index (κ3) is 1.92. The zero-order valence-electron chi connectivity index (χ0n) is 9.14. The Kier molecular flexibility index (Phi) is 2.92. The normalized spacial score (nSPS) is 10.6. The minimum atomic E-state index is -0.0784. The van der Waals surface area contributed by atoms with Crippen molar-refractivity contribution in [1.29, 1.82) is 0 Å². The van der Waals surface area contributed by atoms with Gasteiger partial charge in [-0.05, 0) is 6.07 Å². The molecule has 1 amide bonds. The standard InChI is InChI=1S/C12H14N2O2/c1-14(12(15)6-13)7-9-8-16-11-5-3-2-4-10(9)11/h2-5,8H,6-7,13H2,1H3. The van der Waals surface area contributed by atoms with Gasteiger partial charge in [0.1, 0.15) is 5.58 Å². The van der Waals surface area contributed by atoms with Crippen molar-refractivity contribution in [2.45, 2.75) is 6.54 Å². The molecule has 0 bridgehead atoms. The average molecular weight is 218 g/mol. The number of likely N-dealkylation sites (N-methyl/N-ethyl adjacent to an activating group) is 1. The minimum absolute atomic E-state index is 0.0340. The van der Waals surface area contributed by atoms with Crippen molar-refractivity contribution in [2.75, 3.05) is 13.6 Å². The van der Waals surface area contributed by atoms with Gasteiger partial charge in [0.05, 0.1) is 12.8 Å². The van der Waals surface area contributed by atoms with Gasteiger partial charge < -0.3 is 15.1 Å². The quantitative estimate of drug-likeness (QED) is 0.846. The third-order valence-electron chi connectivity index (χ3n) is 2.57. The number of fused-ring (bicyclic) bond motifs is 1. The van der Waals surface area contributed by atoms with E-state index in [1.54, 1.807) is 18.2 Å². The van der Waals surface area contributed by atoms with Gasteiger partial charge in [0.15, 0.2) is 0 Å². The molecule has 0 unspecified atom stereocenters. The predicted molar refractivity (Wildman–Crippen MR) is 61.7 cm³/mol. The lowest BCUT2D eigenvalue weighted by Crippen LogP contribution is -2.31. The van der Waals surface area contributed by atoms with Gasteiger partial charge >= 0.3 is 0 Å². The first-order valence-corrected chi connectivity index (χ1v) is 5.11. The SMILES string of the molecule is CN(Cc1coc2ccccc12)C(=O)CN. The van der Waals surface area contributed by atoms with E-state index in [0.717, 1.165) is 16.5 Å². The largest absolute Gasteiger partial charge is 0.464 e. The molecule has 0 aliphatic carbocycles. The molecule has 1 aromatic carbocycles. The molecule has 2 rings (SSSR count). The fourth-order valence-electron chi connectivity index (χ4n) is 1.65. The van der Waals surface area contributed by atoms with E-state index in [9.17, 15) is 4.79 Å². The number of carbonyl (C=O) groups is 1. The van der Waals surface area contributed by atoms with Crippen LogP contribution in [0.2, 0.25) is 0 Å². The number of hydrogen-bond donors (Lipinski definition) is 1. The Morgan fingerprint density at radius 3 is 2.94 bits per heavy atom. The van der Waals surface area contributed by atoms with Gasteiger partial charge in [0, 0.05) is 24.5 Å². The van der Waals surface area contributed by atoms with Crippen LogP contribution < -0.4 is 5.73 Å². The van der Waals surface area contributed by atoms with E-state index in [4.69, 9.17) is 10.2 Å². The van der Waals surface area contributed by atoms with E-state index in [1.807, 2.05) is 24.3 Å². The average Bonchev–Trinajstić information content (AvgIpc) is 2.72. The summed E-state index contributed by atoms with van der Waals surface area (Å²) in [7, 11) is 1.73. The van der Waals surface area contributed by atoms with Crippen molar-refractivity contribution in [3.8, 4) is 0 Å². The number of amides is 1. The molecule has 2 aromatic rings. The second-order valence-corrected chi connectivity index (χ2v) is 3.71. The molecule has 16 heavy (non-hydrogen) atoms. The predicted octanol–water partition coefficient (Wildman–Crippen LogP) is 1.35. The number of para-hydroxylation sites is 1. The summed E-state index contributed by atoms with van der Waals surface area (Å²) in [6.07, 6.45) is 1.69. The van der Waals surface area contributed by atoms with Gasteiger partial charge in [-0.3, -0.25) is 4.79 Å². The van der Waals surface area contributed by atoms with Crippen molar-refractivity contribution in [3.63, 3.8) is 0 Å². The fourth-order valence-corrected chi connectivity index (χ4v) is 1.65. The van der Waals surface area contributed by atoms with Gasteiger partial charge in [-0.15, -0.1) is 0 Å². The van der Waals surface area contributed by atoms with Crippen LogP contribution in [0.15, 0.2) is 34.9 Å². The van der Waals surface area contributed by atoms with Crippen LogP contribution >= 0.6 is 0 Å². The van der Waals surface area contributed by atoms with Crippen LogP contribution in [0, 0.1) is 0 Å². The van der Waals surface area contributed by atoms with Crippen LogP contribution in [-0.4, -0.2) is 24.4 Å². The summed E-state index contributed by atoms with van der Waals surface area (Å²) in [5, 5.41) is 1.04. The number of nitrogens with two attached hydrogens (primary N) is 1. The van der Waals surface area contributed by atoms with E-state index in [0.29, 0.717) is 6.54 Å². The number of rotatable bonds is 3. The highest BCUT2D eigenvalue weighted by Gasteiger charge is 2.10. The Morgan fingerprint density at radius 1 is 1.44 bits per heavy atom. The molecule has 1 heterocycles. The second-order valence-electron chi connectivity index (χ2n) is 3.71. The minimum Gasteiger partial charge on any atom is -0.464 e. The Bertz CT molecular complexity index is 504. The molecule has 0 saturated heterocycles. The van der Waals surface area contributed by atoms with Gasteiger partial charge in [-0.25, -0.2) is 0 Å². The van der Waals surface area contributed by atoms with E-state index in [2.05, 4.69) is 0 Å². The monoisotopic (exact) mass is 218 g/mol. The summed E-state index contributed by atoms with van der Waals surface area (Å²) in [5.74, 6) is -0.0784. The summed E-state index contributed by atoms with van der Waals surface area (Å²) < 4.78 is 5.39. The lowest BCUT2D eigenvalue weighted by Gasteiger charge is -2.14. The molecule has 4 nitrogen and oxygen atoms in total. The Labute approximate surface area is 93.6 Å². The molecule has 0 atom stereocenters. The lowest BCUT2D eigenvalue weighted by atomic mass is 10.1. The Morgan fingerprint density at radius 2 is 2.19 bits per heavy atom. The van der Waals surface area contributed by atoms with Crippen LogP contribution in [0.5, 0.6) is 0 Å². The van der Waals surface area contributed by atoms with Crippen LogP contribution in [0.3, 0.4) is 0 Å². The highest BCUT2D eigenvalue weighted by molar-refractivity contribution is 5.82. The number of nitrogens with zero attached hydrogens (tertiary/aromatic N) is 1. The van der Waals surface area contributed by atoms with Crippen LogP contribution in [0.25, 0.3) is 11.0 Å². The second kappa shape index (κ2) is 4.37. The first-order valence-electron chi connectivity index (χ1n) is 5.11. The number of hydrogen-bond acceptors (Lipinski definition) is 3. The molecule has 0 saturated carbocycles. The third-order valence-corrected chi connectivity index (χ3v) is 2.57. The molecule has 4 heteroatoms. The molecular weight excluding hydrogens is 204 g/mol. The van der Waals surface area contributed by atoms with Gasteiger partial charge in [-0.1, -0.05) is 18.2 Å². The molecule has 84 valence electrons. The van der Waals surface area contributed by atoms with Crippen LogP contribution in [-0.2, 0) is 11.3 Å². The Balaban J connectivity index is 2.24. The van der Waals surface area contributed by atoms with E-state index in [-0.39, 0.29) is 12.5 Å². The first-order chi connectivity index (χ1) is 7.72. The molecule has 0 fully saturated rings. The maximum Gasteiger partial charge on any atom is 0.236 e. The first kappa shape index (κ1) is 10.7. The lowest BCUT2D eigenvalue weighted by molar-refractivity contribution is -0.128. The van der Waals surface area contributed by atoms with Crippen molar-refractivity contribution in [1.82, 2.24) is 4.90 Å². The van der Waals surface area contributed by atoms with Gasteiger partial charge in [0.2, 0.25) is 5.91 Å². The molecular formula is C12H14N2O2. The topological polar surface area (TPSA) is 59.5 Å². The van der Waals surface area contributed by atoms with Gasteiger partial charge in [0.25, 0.3) is 0 Å². The van der Waals surface area contributed by atoms with Crippen molar-refractivity contribution >= 4 is 16.9 Å². The zero-order chi connectivity index (χ0) is 11.5. The van der Waals surface area contributed by atoms with Gasteiger partial charge in [-0.2, -0.15) is 0 Å². The summed E-state index contributed by atoms with van der Waals surface area (Å²) in [6, 6.07) is 7.76. The molecule has 0 spiro atoms. The number of carbonyl (C=O) groups excluding carboxylic acids is 1. The highest BCUT2D eigenvalue weighted by Crippen LogP contribution is 2.21. The molecule has 0 radical (unpaired) electrons. The number of benzene rings is 1. The maximum absolute atomic E-state index is 11.3. The molecule has 2 N–H and O–H groups in total. The molecule has 1 aromatic heterocycles. The smallest absolute Gasteiger partial charge is 0.236 e. The van der Waals surface area contributed by atoms with E-state index < -0.39 is 0 Å². The summed E-state index contributed by atoms with van der Waals surface area (Å²) in [6.45, 7) is 0.555. The van der Waals surface area contributed by atoms with E-state index >= 15 is 0 Å². The van der Waals surface area contributed by atoms with Crippen molar-refractivity contribution in [3.05, 3.63) is 36.1 Å². The van der Waals surface area contributed by atoms with E-state index in [1.165, 1.54) is 0 Å². The summed E-state index contributed by atoms with van der Waals surface area (Å²) >= 11 is 0.